The lowest BCUT2D eigenvalue weighted by molar-refractivity contribution is 0.943. The van der Waals surface area contributed by atoms with Crippen LogP contribution in [-0.4, -0.2) is 9.97 Å². The van der Waals surface area contributed by atoms with Crippen molar-refractivity contribution in [2.75, 3.05) is 0 Å². The maximum absolute atomic E-state index is 10.5. The highest BCUT2D eigenvalue weighted by molar-refractivity contribution is 14.2. The molecule has 1 heterocycles. The Labute approximate surface area is 67.9 Å². The molecule has 0 saturated heterocycles. The molecule has 0 unspecified atom stereocenters. The normalized spacial score (nSPS) is 9.44. The second-order valence-electron chi connectivity index (χ2n) is 1.32. The van der Waals surface area contributed by atoms with Gasteiger partial charge in [0.15, 0.2) is 5.16 Å². The summed E-state index contributed by atoms with van der Waals surface area (Å²) in [6.45, 7) is 0. The Hall–Kier alpha value is -0.0400. The van der Waals surface area contributed by atoms with Crippen LogP contribution in [-0.2, 0) is 0 Å². The molecule has 0 saturated carbocycles. The van der Waals surface area contributed by atoms with E-state index in [9.17, 15) is 4.79 Å². The minimum atomic E-state index is -0.107. The fourth-order valence-electron chi connectivity index (χ4n) is 0.391. The number of H-pyrrole nitrogens is 1. The maximum Gasteiger partial charge on any atom is 0.251 e. The van der Waals surface area contributed by atoms with Crippen molar-refractivity contribution in [2.45, 2.75) is 5.16 Å². The lowest BCUT2D eigenvalue weighted by Gasteiger charge is -1.87. The number of hydrogen-bond acceptors (Lipinski definition) is 3. The molecule has 0 amide bonds. The molecule has 5 heteroatoms. The van der Waals surface area contributed by atoms with Crippen molar-refractivity contribution in [3.63, 3.8) is 0 Å². The quantitative estimate of drug-likeness (QED) is 0.605. The summed E-state index contributed by atoms with van der Waals surface area (Å²) in [5, 5.41) is 0.642. The third kappa shape index (κ3) is 1.98. The second-order valence-corrected chi connectivity index (χ2v) is 3.18. The van der Waals surface area contributed by atoms with Gasteiger partial charge in [0.1, 0.15) is 0 Å². The van der Waals surface area contributed by atoms with Crippen molar-refractivity contribution in [1.82, 2.24) is 9.97 Å². The van der Waals surface area contributed by atoms with Crippen LogP contribution in [0.5, 0.6) is 0 Å². The highest BCUT2D eigenvalue weighted by Gasteiger charge is 1.88. The number of halogens is 1. The van der Waals surface area contributed by atoms with E-state index in [-0.39, 0.29) is 5.56 Å². The van der Waals surface area contributed by atoms with Gasteiger partial charge in [-0.15, -0.1) is 0 Å². The van der Waals surface area contributed by atoms with Gasteiger partial charge in [0.05, 0.1) is 0 Å². The number of hydrogen-bond donors (Lipinski definition) is 1. The Bertz CT molecular complexity index is 248. The zero-order valence-corrected chi connectivity index (χ0v) is 7.27. The molecule has 48 valence electrons. The average molecular weight is 254 g/mol. The molecular weight excluding hydrogens is 251 g/mol. The minimum absolute atomic E-state index is 0.107. The predicted octanol–water partition coefficient (Wildman–Crippen LogP) is 1.21. The molecule has 0 spiro atoms. The second kappa shape index (κ2) is 3.21. The lowest BCUT2D eigenvalue weighted by Crippen LogP contribution is -2.04. The highest BCUT2D eigenvalue weighted by atomic mass is 127. The topological polar surface area (TPSA) is 45.8 Å². The molecule has 0 atom stereocenters. The van der Waals surface area contributed by atoms with Gasteiger partial charge in [-0.1, -0.05) is 0 Å². The Balaban J connectivity index is 3.08. The van der Waals surface area contributed by atoms with Gasteiger partial charge in [0, 0.05) is 33.5 Å². The van der Waals surface area contributed by atoms with Crippen LogP contribution in [0.15, 0.2) is 22.2 Å². The monoisotopic (exact) mass is 254 g/mol. The van der Waals surface area contributed by atoms with Gasteiger partial charge in [-0.25, -0.2) is 4.98 Å². The van der Waals surface area contributed by atoms with Gasteiger partial charge in [-0.3, -0.25) is 4.79 Å². The molecule has 1 aromatic heterocycles. The zero-order valence-electron chi connectivity index (χ0n) is 4.30. The zero-order chi connectivity index (χ0) is 6.69. The number of nitrogens with zero attached hydrogens (tertiary/aromatic N) is 1. The van der Waals surface area contributed by atoms with Crippen molar-refractivity contribution in [3.05, 3.63) is 22.6 Å². The molecule has 0 aliphatic heterocycles. The van der Waals surface area contributed by atoms with Gasteiger partial charge in [0.2, 0.25) is 0 Å². The molecule has 9 heavy (non-hydrogen) atoms. The predicted molar refractivity (Wildman–Crippen MR) is 44.7 cm³/mol. The molecule has 0 fully saturated rings. The summed E-state index contributed by atoms with van der Waals surface area (Å²) in [5.41, 5.74) is -0.107. The molecule has 0 radical (unpaired) electrons. The third-order valence-electron chi connectivity index (χ3n) is 0.721. The molecule has 1 N–H and O–H groups in total. The van der Waals surface area contributed by atoms with E-state index in [2.05, 4.69) is 31.2 Å². The first-order chi connectivity index (χ1) is 4.33. The van der Waals surface area contributed by atoms with Gasteiger partial charge in [-0.2, -0.15) is 0 Å². The van der Waals surface area contributed by atoms with Gasteiger partial charge >= 0.3 is 0 Å². The van der Waals surface area contributed by atoms with Crippen LogP contribution in [0.1, 0.15) is 0 Å². The highest BCUT2D eigenvalue weighted by Crippen LogP contribution is 2.17. The van der Waals surface area contributed by atoms with E-state index in [1.807, 2.05) is 0 Å². The fourth-order valence-corrected chi connectivity index (χ4v) is 1.30. The molecule has 3 nitrogen and oxygen atoms in total. The standard InChI is InChI=1S/C4H3IN2OS/c5-9-4-6-2-1-3(8)7-4/h1-2H,(H,6,7,8). The van der Waals surface area contributed by atoms with Crippen LogP contribution in [0.3, 0.4) is 0 Å². The molecule has 0 bridgehead atoms. The molecular formula is C4H3IN2OS. The van der Waals surface area contributed by atoms with Gasteiger partial charge in [0.25, 0.3) is 5.56 Å². The molecule has 0 aliphatic carbocycles. The van der Waals surface area contributed by atoms with Crippen LogP contribution in [0.2, 0.25) is 0 Å². The summed E-state index contributed by atoms with van der Waals surface area (Å²) >= 11 is 2.05. The lowest BCUT2D eigenvalue weighted by atomic mass is 10.7. The SMILES string of the molecule is O=c1ccnc(SI)[nH]1. The molecule has 0 aromatic carbocycles. The smallest absolute Gasteiger partial charge is 0.251 e. The van der Waals surface area contributed by atoms with Crippen LogP contribution in [0.25, 0.3) is 0 Å². The molecule has 1 rings (SSSR count). The largest absolute Gasteiger partial charge is 0.301 e. The number of aromatic amines is 1. The van der Waals surface area contributed by atoms with Crippen molar-refractivity contribution >= 4 is 30.1 Å². The minimum Gasteiger partial charge on any atom is -0.301 e. The third-order valence-corrected chi connectivity index (χ3v) is 2.33. The fraction of sp³-hybridized carbons (Fsp3) is 0. The van der Waals surface area contributed by atoms with E-state index in [4.69, 9.17) is 0 Å². The summed E-state index contributed by atoms with van der Waals surface area (Å²) < 4.78 is 0. The summed E-state index contributed by atoms with van der Waals surface area (Å²) in [4.78, 5) is 16.9. The summed E-state index contributed by atoms with van der Waals surface area (Å²) in [7, 11) is 1.39. The number of aromatic nitrogens is 2. The summed E-state index contributed by atoms with van der Waals surface area (Å²) in [6, 6.07) is 1.39. The molecule has 1 aromatic rings. The van der Waals surface area contributed by atoms with E-state index >= 15 is 0 Å². The number of rotatable bonds is 1. The number of nitrogens with one attached hydrogen (secondary N) is 1. The van der Waals surface area contributed by atoms with Crippen LogP contribution in [0, 0.1) is 0 Å². The Morgan fingerprint density at radius 2 is 2.56 bits per heavy atom. The van der Waals surface area contributed by atoms with Crippen molar-refractivity contribution in [2.24, 2.45) is 0 Å². The van der Waals surface area contributed by atoms with Crippen molar-refractivity contribution in [3.8, 4) is 0 Å². The first kappa shape index (κ1) is 7.07. The van der Waals surface area contributed by atoms with E-state index in [0.29, 0.717) is 5.16 Å². The summed E-state index contributed by atoms with van der Waals surface area (Å²) in [5.74, 6) is 0. The molecule has 0 aliphatic rings. The first-order valence-electron chi connectivity index (χ1n) is 2.17. The first-order valence-corrected chi connectivity index (χ1v) is 5.53. The van der Waals surface area contributed by atoms with E-state index < -0.39 is 0 Å². The van der Waals surface area contributed by atoms with Crippen LogP contribution in [0.4, 0.5) is 0 Å². The van der Waals surface area contributed by atoms with Crippen LogP contribution < -0.4 is 5.56 Å². The van der Waals surface area contributed by atoms with Crippen molar-refractivity contribution in [1.29, 1.82) is 0 Å². The Morgan fingerprint density at radius 3 is 3.00 bits per heavy atom. The van der Waals surface area contributed by atoms with Crippen molar-refractivity contribution < 1.29 is 0 Å². The van der Waals surface area contributed by atoms with E-state index in [0.717, 1.165) is 0 Å². The maximum atomic E-state index is 10.5. The Morgan fingerprint density at radius 1 is 1.78 bits per heavy atom. The average Bonchev–Trinajstić information content (AvgIpc) is 1.88. The van der Waals surface area contributed by atoms with Gasteiger partial charge < -0.3 is 4.98 Å². The van der Waals surface area contributed by atoms with Gasteiger partial charge in [-0.05, 0) is 8.93 Å². The Kier molecular flexibility index (Phi) is 2.52. The van der Waals surface area contributed by atoms with Crippen LogP contribution >= 0.6 is 30.1 Å². The van der Waals surface area contributed by atoms with E-state index in [1.165, 1.54) is 21.2 Å². The summed E-state index contributed by atoms with van der Waals surface area (Å²) in [6.07, 6.45) is 1.49. The van der Waals surface area contributed by atoms with E-state index in [1.54, 1.807) is 0 Å².